The van der Waals surface area contributed by atoms with Crippen LogP contribution in [0, 0.1) is 5.82 Å². The number of nitrogens with one attached hydrogen (secondary N) is 2. The van der Waals surface area contributed by atoms with Gasteiger partial charge in [0.1, 0.15) is 5.82 Å². The number of carbonyl (C=O) groups excluding carboxylic acids is 1. The molecule has 0 aliphatic heterocycles. The summed E-state index contributed by atoms with van der Waals surface area (Å²) in [5, 5.41) is 14.6. The van der Waals surface area contributed by atoms with E-state index in [1.807, 2.05) is 37.3 Å². The molecule has 0 saturated carbocycles. The van der Waals surface area contributed by atoms with Crippen LogP contribution in [-0.4, -0.2) is 21.9 Å². The van der Waals surface area contributed by atoms with Gasteiger partial charge in [-0.25, -0.2) is 4.39 Å². The van der Waals surface area contributed by atoms with Crippen LogP contribution in [0.15, 0.2) is 58.9 Å². The summed E-state index contributed by atoms with van der Waals surface area (Å²) in [6.07, 6.45) is 0. The van der Waals surface area contributed by atoms with E-state index in [0.29, 0.717) is 15.2 Å². The molecule has 1 atom stereocenters. The molecule has 0 saturated heterocycles. The number of hydrogen-bond donors (Lipinski definition) is 2. The molecule has 0 aliphatic carbocycles. The van der Waals surface area contributed by atoms with Crippen molar-refractivity contribution in [1.82, 2.24) is 15.5 Å². The molecule has 1 amide bonds. The largest absolute Gasteiger partial charge is 0.349 e. The zero-order valence-electron chi connectivity index (χ0n) is 14.0. The number of carbonyl (C=O) groups is 1. The summed E-state index contributed by atoms with van der Waals surface area (Å²) in [7, 11) is 0. The van der Waals surface area contributed by atoms with Gasteiger partial charge < -0.3 is 10.6 Å². The zero-order chi connectivity index (χ0) is 18.4. The molecule has 0 aliphatic rings. The van der Waals surface area contributed by atoms with Crippen molar-refractivity contribution in [1.29, 1.82) is 0 Å². The second kappa shape index (κ2) is 8.77. The minimum absolute atomic E-state index is 0.0519. The Morgan fingerprint density at radius 3 is 2.77 bits per heavy atom. The molecule has 8 heteroatoms. The molecule has 2 aromatic carbocycles. The van der Waals surface area contributed by atoms with Crippen LogP contribution >= 0.6 is 23.1 Å². The fourth-order valence-corrected chi connectivity index (χ4v) is 3.83. The van der Waals surface area contributed by atoms with Crippen LogP contribution in [0.2, 0.25) is 0 Å². The first kappa shape index (κ1) is 18.3. The van der Waals surface area contributed by atoms with Gasteiger partial charge in [0, 0.05) is 5.69 Å². The SMILES string of the molecule is CC(NC(=O)CSc1nnc(Nc2cccc(F)c2)s1)c1ccccc1. The lowest BCUT2D eigenvalue weighted by Gasteiger charge is -2.13. The lowest BCUT2D eigenvalue weighted by atomic mass is 10.1. The number of nitrogens with zero attached hydrogens (tertiary/aromatic N) is 2. The summed E-state index contributed by atoms with van der Waals surface area (Å²) in [5.74, 6) is -0.134. The van der Waals surface area contributed by atoms with Crippen molar-refractivity contribution in [3.8, 4) is 0 Å². The summed E-state index contributed by atoms with van der Waals surface area (Å²) in [5.41, 5.74) is 1.66. The normalized spacial score (nSPS) is 11.8. The molecule has 0 fully saturated rings. The van der Waals surface area contributed by atoms with Gasteiger partial charge in [0.05, 0.1) is 11.8 Å². The summed E-state index contributed by atoms with van der Waals surface area (Å²) in [4.78, 5) is 12.1. The Hall–Kier alpha value is -2.45. The summed E-state index contributed by atoms with van der Waals surface area (Å²) >= 11 is 2.64. The van der Waals surface area contributed by atoms with E-state index in [4.69, 9.17) is 0 Å². The third kappa shape index (κ3) is 5.27. The summed E-state index contributed by atoms with van der Waals surface area (Å²) in [6.45, 7) is 1.95. The minimum Gasteiger partial charge on any atom is -0.349 e. The van der Waals surface area contributed by atoms with E-state index in [1.54, 1.807) is 12.1 Å². The van der Waals surface area contributed by atoms with E-state index < -0.39 is 0 Å². The van der Waals surface area contributed by atoms with Crippen molar-refractivity contribution in [2.24, 2.45) is 0 Å². The zero-order valence-corrected chi connectivity index (χ0v) is 15.6. The average molecular weight is 388 g/mol. The number of thioether (sulfide) groups is 1. The van der Waals surface area contributed by atoms with Gasteiger partial charge in [-0.05, 0) is 30.7 Å². The quantitative estimate of drug-likeness (QED) is 0.588. The molecule has 3 rings (SSSR count). The highest BCUT2D eigenvalue weighted by atomic mass is 32.2. The third-order valence-electron chi connectivity index (χ3n) is 3.49. The van der Waals surface area contributed by atoms with Crippen molar-refractivity contribution >= 4 is 39.8 Å². The van der Waals surface area contributed by atoms with Crippen LogP contribution in [0.5, 0.6) is 0 Å². The molecule has 2 N–H and O–H groups in total. The lowest BCUT2D eigenvalue weighted by molar-refractivity contribution is -0.119. The van der Waals surface area contributed by atoms with Crippen molar-refractivity contribution in [3.63, 3.8) is 0 Å². The van der Waals surface area contributed by atoms with E-state index in [0.717, 1.165) is 5.56 Å². The maximum Gasteiger partial charge on any atom is 0.230 e. The van der Waals surface area contributed by atoms with E-state index in [-0.39, 0.29) is 23.5 Å². The van der Waals surface area contributed by atoms with Crippen molar-refractivity contribution < 1.29 is 9.18 Å². The molecule has 134 valence electrons. The van der Waals surface area contributed by atoms with Crippen LogP contribution in [-0.2, 0) is 4.79 Å². The maximum atomic E-state index is 13.2. The first-order valence-corrected chi connectivity index (χ1v) is 9.73. The maximum absolute atomic E-state index is 13.2. The molecule has 5 nitrogen and oxygen atoms in total. The van der Waals surface area contributed by atoms with Gasteiger partial charge >= 0.3 is 0 Å². The highest BCUT2D eigenvalue weighted by Crippen LogP contribution is 2.27. The Morgan fingerprint density at radius 2 is 2.00 bits per heavy atom. The predicted octanol–water partition coefficient (Wildman–Crippen LogP) is 4.39. The van der Waals surface area contributed by atoms with E-state index in [9.17, 15) is 9.18 Å². The van der Waals surface area contributed by atoms with Gasteiger partial charge in [-0.15, -0.1) is 10.2 Å². The van der Waals surface area contributed by atoms with Gasteiger partial charge in [-0.1, -0.05) is 59.5 Å². The number of aromatic nitrogens is 2. The van der Waals surface area contributed by atoms with Crippen molar-refractivity contribution in [2.45, 2.75) is 17.3 Å². The second-order valence-corrected chi connectivity index (χ2v) is 7.70. The van der Waals surface area contributed by atoms with Crippen LogP contribution < -0.4 is 10.6 Å². The Labute approximate surface area is 159 Å². The fourth-order valence-electron chi connectivity index (χ4n) is 2.24. The molecule has 0 spiro atoms. The van der Waals surface area contributed by atoms with Crippen LogP contribution in [0.25, 0.3) is 0 Å². The molecule has 0 radical (unpaired) electrons. The molecule has 26 heavy (non-hydrogen) atoms. The number of benzene rings is 2. The highest BCUT2D eigenvalue weighted by Gasteiger charge is 2.12. The molecule has 1 unspecified atom stereocenters. The van der Waals surface area contributed by atoms with Gasteiger partial charge in [0.15, 0.2) is 4.34 Å². The standard InChI is InChI=1S/C18H17FN4OS2/c1-12(13-6-3-2-4-7-13)20-16(24)11-25-18-23-22-17(26-18)21-15-9-5-8-14(19)10-15/h2-10,12H,11H2,1H3,(H,20,24)(H,21,22). The fraction of sp³-hybridized carbons (Fsp3) is 0.167. The monoisotopic (exact) mass is 388 g/mol. The molecular formula is C18H17FN4OS2. The first-order valence-electron chi connectivity index (χ1n) is 7.93. The van der Waals surface area contributed by atoms with E-state index in [2.05, 4.69) is 20.8 Å². The molecule has 1 aromatic heterocycles. The Kier molecular flexibility index (Phi) is 6.19. The van der Waals surface area contributed by atoms with Gasteiger partial charge in [-0.3, -0.25) is 4.79 Å². The highest BCUT2D eigenvalue weighted by molar-refractivity contribution is 8.01. The van der Waals surface area contributed by atoms with Crippen LogP contribution in [0.1, 0.15) is 18.5 Å². The van der Waals surface area contributed by atoms with Gasteiger partial charge in [-0.2, -0.15) is 0 Å². The topological polar surface area (TPSA) is 66.9 Å². The summed E-state index contributed by atoms with van der Waals surface area (Å²) < 4.78 is 13.9. The molecule has 1 heterocycles. The number of amides is 1. The second-order valence-electron chi connectivity index (χ2n) is 5.50. The predicted molar refractivity (Wildman–Crippen MR) is 103 cm³/mol. The number of halogens is 1. The van der Waals surface area contributed by atoms with Gasteiger partial charge in [0.25, 0.3) is 0 Å². The van der Waals surface area contributed by atoms with Crippen LogP contribution in [0.3, 0.4) is 0 Å². The Bertz CT molecular complexity index is 872. The smallest absolute Gasteiger partial charge is 0.230 e. The number of hydrogen-bond acceptors (Lipinski definition) is 6. The minimum atomic E-state index is -0.321. The van der Waals surface area contributed by atoms with Crippen molar-refractivity contribution in [3.05, 3.63) is 66.0 Å². The molecular weight excluding hydrogens is 371 g/mol. The third-order valence-corrected chi connectivity index (χ3v) is 5.46. The Balaban J connectivity index is 1.49. The molecule has 0 bridgehead atoms. The number of rotatable bonds is 7. The molecule has 3 aromatic rings. The average Bonchev–Trinajstić information content (AvgIpc) is 3.08. The van der Waals surface area contributed by atoms with Crippen LogP contribution in [0.4, 0.5) is 15.2 Å². The first-order chi connectivity index (χ1) is 12.6. The summed E-state index contributed by atoms with van der Waals surface area (Å²) in [6, 6.07) is 15.9. The Morgan fingerprint density at radius 1 is 1.19 bits per heavy atom. The van der Waals surface area contributed by atoms with E-state index in [1.165, 1.54) is 35.2 Å². The lowest BCUT2D eigenvalue weighted by Crippen LogP contribution is -2.28. The van der Waals surface area contributed by atoms with Gasteiger partial charge in [0.2, 0.25) is 11.0 Å². The van der Waals surface area contributed by atoms with Crippen molar-refractivity contribution in [2.75, 3.05) is 11.1 Å². The van der Waals surface area contributed by atoms with E-state index >= 15 is 0 Å². The number of anilines is 2.